The van der Waals surface area contributed by atoms with E-state index in [0.717, 1.165) is 5.56 Å². The molecular weight excluding hydrogens is 296 g/mol. The topological polar surface area (TPSA) is 90.7 Å². The number of methoxy groups -OCH3 is 2. The number of hydrogen-bond acceptors (Lipinski definition) is 4. The summed E-state index contributed by atoms with van der Waals surface area (Å²) in [5, 5.41) is 2.76. The lowest BCUT2D eigenvalue weighted by molar-refractivity contribution is -0.115. The van der Waals surface area contributed by atoms with Crippen LogP contribution in [-0.4, -0.2) is 26.0 Å². The summed E-state index contributed by atoms with van der Waals surface area (Å²) < 4.78 is 10.4. The molecule has 0 aliphatic heterocycles. The number of primary amides is 1. The maximum absolute atomic E-state index is 12.2. The first kappa shape index (κ1) is 16.4. The number of benzene rings is 2. The first-order valence-corrected chi connectivity index (χ1v) is 6.94. The zero-order valence-electron chi connectivity index (χ0n) is 13.0. The summed E-state index contributed by atoms with van der Waals surface area (Å²) in [6.45, 7) is 0. The van der Waals surface area contributed by atoms with Gasteiger partial charge in [-0.05, 0) is 42.5 Å². The lowest BCUT2D eigenvalue weighted by Crippen LogP contribution is -2.15. The number of ether oxygens (including phenoxy) is 2. The Bertz CT molecular complexity index is 711. The van der Waals surface area contributed by atoms with Gasteiger partial charge in [-0.3, -0.25) is 9.59 Å². The largest absolute Gasteiger partial charge is 0.497 e. The molecule has 6 nitrogen and oxygen atoms in total. The van der Waals surface area contributed by atoms with Crippen LogP contribution in [0.2, 0.25) is 0 Å². The minimum atomic E-state index is -0.510. The second kappa shape index (κ2) is 7.31. The first-order chi connectivity index (χ1) is 11.0. The molecule has 2 aromatic rings. The van der Waals surface area contributed by atoms with E-state index in [4.69, 9.17) is 15.2 Å². The van der Waals surface area contributed by atoms with Gasteiger partial charge < -0.3 is 20.5 Å². The molecule has 0 unspecified atom stereocenters. The van der Waals surface area contributed by atoms with Crippen molar-refractivity contribution in [3.63, 3.8) is 0 Å². The molecule has 0 bridgehead atoms. The van der Waals surface area contributed by atoms with Crippen molar-refractivity contribution in [3.8, 4) is 11.5 Å². The van der Waals surface area contributed by atoms with Gasteiger partial charge in [0.05, 0.1) is 20.6 Å². The number of carbonyl (C=O) groups excluding carboxylic acids is 2. The molecule has 0 aliphatic rings. The summed E-state index contributed by atoms with van der Waals surface area (Å²) in [7, 11) is 3.11. The van der Waals surface area contributed by atoms with Crippen molar-refractivity contribution in [1.29, 1.82) is 0 Å². The molecular formula is C17H18N2O4. The average Bonchev–Trinajstić information content (AvgIpc) is 2.55. The fourth-order valence-corrected chi connectivity index (χ4v) is 2.12. The molecule has 2 aromatic carbocycles. The van der Waals surface area contributed by atoms with Gasteiger partial charge in [-0.25, -0.2) is 0 Å². The van der Waals surface area contributed by atoms with Crippen molar-refractivity contribution in [3.05, 3.63) is 53.6 Å². The molecule has 2 amide bonds. The molecule has 6 heteroatoms. The van der Waals surface area contributed by atoms with Crippen LogP contribution in [0.1, 0.15) is 15.9 Å². The number of nitrogens with two attached hydrogens (primary N) is 1. The van der Waals surface area contributed by atoms with Gasteiger partial charge in [0.2, 0.25) is 11.8 Å². The molecule has 0 saturated carbocycles. The van der Waals surface area contributed by atoms with Gasteiger partial charge in [0.1, 0.15) is 11.5 Å². The Morgan fingerprint density at radius 3 is 2.30 bits per heavy atom. The molecule has 0 fully saturated rings. The van der Waals surface area contributed by atoms with Gasteiger partial charge >= 0.3 is 0 Å². The first-order valence-electron chi connectivity index (χ1n) is 6.94. The van der Waals surface area contributed by atoms with E-state index in [0.29, 0.717) is 22.7 Å². The van der Waals surface area contributed by atoms with Gasteiger partial charge in [0, 0.05) is 16.8 Å². The van der Waals surface area contributed by atoms with E-state index in [1.807, 2.05) is 0 Å². The van der Waals surface area contributed by atoms with E-state index < -0.39 is 5.91 Å². The predicted octanol–water partition coefficient (Wildman–Crippen LogP) is 1.98. The van der Waals surface area contributed by atoms with Gasteiger partial charge in [-0.2, -0.15) is 0 Å². The summed E-state index contributed by atoms with van der Waals surface area (Å²) in [5.41, 5.74) is 6.87. The third-order valence-corrected chi connectivity index (χ3v) is 3.29. The van der Waals surface area contributed by atoms with E-state index in [2.05, 4.69) is 5.32 Å². The Kier molecular flexibility index (Phi) is 5.19. The molecule has 0 heterocycles. The Hall–Kier alpha value is -3.02. The van der Waals surface area contributed by atoms with Gasteiger partial charge in [0.15, 0.2) is 0 Å². The minimum absolute atomic E-state index is 0.137. The highest BCUT2D eigenvalue weighted by atomic mass is 16.5. The zero-order valence-corrected chi connectivity index (χ0v) is 13.0. The Labute approximate surface area is 134 Å². The number of hydrogen-bond donors (Lipinski definition) is 2. The lowest BCUT2D eigenvalue weighted by atomic mass is 10.1. The molecule has 23 heavy (non-hydrogen) atoms. The van der Waals surface area contributed by atoms with Crippen molar-refractivity contribution in [2.45, 2.75) is 6.42 Å². The summed E-state index contributed by atoms with van der Waals surface area (Å²) >= 11 is 0. The van der Waals surface area contributed by atoms with Crippen molar-refractivity contribution in [2.24, 2.45) is 5.73 Å². The molecule has 0 saturated heterocycles. The van der Waals surface area contributed by atoms with Gasteiger partial charge in [0.25, 0.3) is 0 Å². The molecule has 0 aromatic heterocycles. The van der Waals surface area contributed by atoms with Crippen LogP contribution in [0.3, 0.4) is 0 Å². The third kappa shape index (κ3) is 4.23. The number of amides is 2. The van der Waals surface area contributed by atoms with Crippen molar-refractivity contribution in [2.75, 3.05) is 19.5 Å². The number of carbonyl (C=O) groups is 2. The highest BCUT2D eigenvalue weighted by Crippen LogP contribution is 2.24. The maximum Gasteiger partial charge on any atom is 0.248 e. The normalized spacial score (nSPS) is 10.0. The Morgan fingerprint density at radius 1 is 1.04 bits per heavy atom. The number of rotatable bonds is 6. The summed E-state index contributed by atoms with van der Waals surface area (Å²) in [4.78, 5) is 23.2. The molecule has 2 rings (SSSR count). The molecule has 120 valence electrons. The third-order valence-electron chi connectivity index (χ3n) is 3.29. The molecule has 0 spiro atoms. The lowest BCUT2D eigenvalue weighted by Gasteiger charge is -2.11. The Morgan fingerprint density at radius 2 is 1.74 bits per heavy atom. The summed E-state index contributed by atoms with van der Waals surface area (Å²) in [6, 6.07) is 11.6. The van der Waals surface area contributed by atoms with Gasteiger partial charge in [-0.1, -0.05) is 0 Å². The second-order valence-corrected chi connectivity index (χ2v) is 4.84. The second-order valence-electron chi connectivity index (χ2n) is 4.84. The summed E-state index contributed by atoms with van der Waals surface area (Å²) in [5.74, 6) is 0.553. The number of anilines is 1. The van der Waals surface area contributed by atoms with Crippen LogP contribution >= 0.6 is 0 Å². The van der Waals surface area contributed by atoms with Crippen LogP contribution in [0.5, 0.6) is 11.5 Å². The van der Waals surface area contributed by atoms with Crippen LogP contribution < -0.4 is 20.5 Å². The quantitative estimate of drug-likeness (QED) is 0.853. The van der Waals surface area contributed by atoms with E-state index in [1.54, 1.807) is 56.7 Å². The average molecular weight is 314 g/mol. The molecule has 0 aliphatic carbocycles. The van der Waals surface area contributed by atoms with Crippen molar-refractivity contribution < 1.29 is 19.1 Å². The Balaban J connectivity index is 2.08. The highest BCUT2D eigenvalue weighted by molar-refractivity contribution is 5.95. The molecule has 0 atom stereocenters. The molecule has 3 N–H and O–H groups in total. The SMILES string of the molecule is COc1ccc(OC)c(CC(=O)Nc2ccc(C(N)=O)cc2)c1. The standard InChI is InChI=1S/C17H18N2O4/c1-22-14-7-8-15(23-2)12(9-14)10-16(20)19-13-5-3-11(4-6-13)17(18)21/h3-9H,10H2,1-2H3,(H2,18,21)(H,19,20). The van der Waals surface area contributed by atoms with Crippen molar-refractivity contribution >= 4 is 17.5 Å². The van der Waals surface area contributed by atoms with Crippen LogP contribution in [0.25, 0.3) is 0 Å². The fraction of sp³-hybridized carbons (Fsp3) is 0.176. The smallest absolute Gasteiger partial charge is 0.248 e. The zero-order chi connectivity index (χ0) is 16.8. The van der Waals surface area contributed by atoms with E-state index in [9.17, 15) is 9.59 Å². The van der Waals surface area contributed by atoms with Crippen LogP contribution in [-0.2, 0) is 11.2 Å². The van der Waals surface area contributed by atoms with E-state index in [1.165, 1.54) is 0 Å². The fourth-order valence-electron chi connectivity index (χ4n) is 2.12. The molecule has 0 radical (unpaired) electrons. The number of nitrogens with one attached hydrogen (secondary N) is 1. The van der Waals surface area contributed by atoms with Crippen LogP contribution in [0.4, 0.5) is 5.69 Å². The summed E-state index contributed by atoms with van der Waals surface area (Å²) in [6.07, 6.45) is 0.137. The highest BCUT2D eigenvalue weighted by Gasteiger charge is 2.11. The monoisotopic (exact) mass is 314 g/mol. The van der Waals surface area contributed by atoms with Crippen molar-refractivity contribution in [1.82, 2.24) is 0 Å². The minimum Gasteiger partial charge on any atom is -0.497 e. The van der Waals surface area contributed by atoms with E-state index >= 15 is 0 Å². The maximum atomic E-state index is 12.2. The van der Waals surface area contributed by atoms with Crippen LogP contribution in [0, 0.1) is 0 Å². The van der Waals surface area contributed by atoms with Crippen LogP contribution in [0.15, 0.2) is 42.5 Å². The predicted molar refractivity (Wildman–Crippen MR) is 86.8 cm³/mol. The van der Waals surface area contributed by atoms with Gasteiger partial charge in [-0.15, -0.1) is 0 Å². The van der Waals surface area contributed by atoms with E-state index in [-0.39, 0.29) is 12.3 Å².